The molecule has 2 amide bonds. The van der Waals surface area contributed by atoms with Crippen LogP contribution in [0.3, 0.4) is 0 Å². The topological polar surface area (TPSA) is 67.2 Å². The molecule has 0 radical (unpaired) electrons. The Morgan fingerprint density at radius 3 is 2.40 bits per heavy atom. The molecule has 2 N–H and O–H groups in total. The normalized spacial score (nSPS) is 10.5. The van der Waals surface area contributed by atoms with Gasteiger partial charge in [0.2, 0.25) is 0 Å². The molecule has 128 valence electrons. The Hall–Kier alpha value is -2.60. The standard InChI is InChI=1S/C19H18BrN3O2/c1-2-21-19(24)22-12-13-3-5-14(6-4-13)17-11-18(25-23-17)15-7-9-16(20)10-8-15/h3-11H,2,12H2,1H3,(H2,21,22,24). The first-order chi connectivity index (χ1) is 12.2. The van der Waals surface area contributed by atoms with E-state index in [-0.39, 0.29) is 6.03 Å². The Morgan fingerprint density at radius 2 is 1.72 bits per heavy atom. The smallest absolute Gasteiger partial charge is 0.315 e. The van der Waals surface area contributed by atoms with Crippen LogP contribution in [0.2, 0.25) is 0 Å². The van der Waals surface area contributed by atoms with Gasteiger partial charge in [0.25, 0.3) is 0 Å². The number of nitrogens with one attached hydrogen (secondary N) is 2. The second-order valence-corrected chi connectivity index (χ2v) is 6.41. The minimum absolute atomic E-state index is 0.165. The number of nitrogens with zero attached hydrogens (tertiary/aromatic N) is 1. The molecule has 1 heterocycles. The van der Waals surface area contributed by atoms with Crippen molar-refractivity contribution in [1.29, 1.82) is 0 Å². The van der Waals surface area contributed by atoms with Crippen LogP contribution in [0.25, 0.3) is 22.6 Å². The Morgan fingerprint density at radius 1 is 1.04 bits per heavy atom. The summed E-state index contributed by atoms with van der Waals surface area (Å²) in [6.45, 7) is 2.97. The summed E-state index contributed by atoms with van der Waals surface area (Å²) in [4.78, 5) is 11.4. The van der Waals surface area contributed by atoms with Gasteiger partial charge >= 0.3 is 6.03 Å². The van der Waals surface area contributed by atoms with Crippen LogP contribution in [0, 0.1) is 0 Å². The van der Waals surface area contributed by atoms with Crippen LogP contribution in [0.5, 0.6) is 0 Å². The number of halogens is 1. The molecule has 0 spiro atoms. The first-order valence-electron chi connectivity index (χ1n) is 7.99. The predicted octanol–water partition coefficient (Wildman–Crippen LogP) is 4.59. The van der Waals surface area contributed by atoms with E-state index >= 15 is 0 Å². The molecule has 0 fully saturated rings. The lowest BCUT2D eigenvalue weighted by molar-refractivity contribution is 0.241. The lowest BCUT2D eigenvalue weighted by Crippen LogP contribution is -2.34. The van der Waals surface area contributed by atoms with E-state index in [4.69, 9.17) is 4.52 Å². The Balaban J connectivity index is 1.68. The van der Waals surface area contributed by atoms with Gasteiger partial charge in [0.05, 0.1) is 0 Å². The number of hydrogen-bond donors (Lipinski definition) is 2. The highest BCUT2D eigenvalue weighted by Gasteiger charge is 2.09. The zero-order valence-corrected chi connectivity index (χ0v) is 15.3. The lowest BCUT2D eigenvalue weighted by atomic mass is 10.1. The number of carbonyl (C=O) groups is 1. The number of aromatic nitrogens is 1. The third kappa shape index (κ3) is 4.48. The van der Waals surface area contributed by atoms with Gasteiger partial charge in [-0.3, -0.25) is 0 Å². The highest BCUT2D eigenvalue weighted by Crippen LogP contribution is 2.27. The lowest BCUT2D eigenvalue weighted by Gasteiger charge is -2.06. The van der Waals surface area contributed by atoms with Crippen LogP contribution < -0.4 is 10.6 Å². The van der Waals surface area contributed by atoms with E-state index in [1.807, 2.05) is 61.5 Å². The van der Waals surface area contributed by atoms with E-state index in [0.29, 0.717) is 13.1 Å². The van der Waals surface area contributed by atoms with Gasteiger partial charge in [-0.1, -0.05) is 57.5 Å². The van der Waals surface area contributed by atoms with Crippen molar-refractivity contribution in [2.24, 2.45) is 0 Å². The summed E-state index contributed by atoms with van der Waals surface area (Å²) in [5, 5.41) is 9.65. The average Bonchev–Trinajstić information content (AvgIpc) is 3.11. The zero-order valence-electron chi connectivity index (χ0n) is 13.8. The number of carbonyl (C=O) groups excluding carboxylic acids is 1. The van der Waals surface area contributed by atoms with Gasteiger partial charge in [-0.15, -0.1) is 0 Å². The Labute approximate surface area is 154 Å². The van der Waals surface area contributed by atoms with Gasteiger partial charge in [0.15, 0.2) is 5.76 Å². The third-order valence-corrected chi connectivity index (χ3v) is 4.21. The highest BCUT2D eigenvalue weighted by atomic mass is 79.9. The highest BCUT2D eigenvalue weighted by molar-refractivity contribution is 9.10. The number of urea groups is 1. The molecule has 6 heteroatoms. The molecule has 0 bridgehead atoms. The fourth-order valence-electron chi connectivity index (χ4n) is 2.36. The van der Waals surface area contributed by atoms with Crippen molar-refractivity contribution in [3.05, 3.63) is 64.6 Å². The van der Waals surface area contributed by atoms with Crippen LogP contribution in [-0.2, 0) is 6.54 Å². The quantitative estimate of drug-likeness (QED) is 0.658. The van der Waals surface area contributed by atoms with E-state index < -0.39 is 0 Å². The summed E-state index contributed by atoms with van der Waals surface area (Å²) in [6.07, 6.45) is 0. The summed E-state index contributed by atoms with van der Waals surface area (Å²) in [5.41, 5.74) is 3.74. The monoisotopic (exact) mass is 399 g/mol. The number of hydrogen-bond acceptors (Lipinski definition) is 3. The average molecular weight is 400 g/mol. The molecule has 25 heavy (non-hydrogen) atoms. The van der Waals surface area contributed by atoms with Gasteiger partial charge in [-0.25, -0.2) is 4.79 Å². The van der Waals surface area contributed by atoms with Crippen LogP contribution in [0.4, 0.5) is 4.79 Å². The third-order valence-electron chi connectivity index (χ3n) is 3.68. The van der Waals surface area contributed by atoms with Crippen molar-refractivity contribution >= 4 is 22.0 Å². The molecule has 0 aliphatic carbocycles. The van der Waals surface area contributed by atoms with Crippen molar-refractivity contribution < 1.29 is 9.32 Å². The van der Waals surface area contributed by atoms with E-state index in [1.54, 1.807) is 0 Å². The maximum absolute atomic E-state index is 11.4. The van der Waals surface area contributed by atoms with Crippen LogP contribution in [0.15, 0.2) is 63.6 Å². The van der Waals surface area contributed by atoms with Crippen molar-refractivity contribution in [3.8, 4) is 22.6 Å². The van der Waals surface area contributed by atoms with Gasteiger partial charge in [0.1, 0.15) is 5.69 Å². The number of benzene rings is 2. The minimum Gasteiger partial charge on any atom is -0.356 e. The molecule has 0 atom stereocenters. The number of amides is 2. The summed E-state index contributed by atoms with van der Waals surface area (Å²) in [7, 11) is 0. The summed E-state index contributed by atoms with van der Waals surface area (Å²) < 4.78 is 6.47. The van der Waals surface area contributed by atoms with Crippen molar-refractivity contribution in [2.75, 3.05) is 6.54 Å². The fraction of sp³-hybridized carbons (Fsp3) is 0.158. The van der Waals surface area contributed by atoms with Gasteiger partial charge < -0.3 is 15.2 Å². The largest absolute Gasteiger partial charge is 0.356 e. The Kier molecular flexibility index (Phi) is 5.50. The molecular weight excluding hydrogens is 382 g/mol. The van der Waals surface area contributed by atoms with E-state index in [9.17, 15) is 4.79 Å². The second-order valence-electron chi connectivity index (χ2n) is 5.49. The molecule has 0 saturated carbocycles. The zero-order chi connectivity index (χ0) is 17.6. The SMILES string of the molecule is CCNC(=O)NCc1ccc(-c2cc(-c3ccc(Br)cc3)on2)cc1. The Bertz CT molecular complexity index is 842. The van der Waals surface area contributed by atoms with Gasteiger partial charge in [-0.2, -0.15) is 0 Å². The summed E-state index contributed by atoms with van der Waals surface area (Å²) in [6, 6.07) is 17.5. The predicted molar refractivity (Wildman–Crippen MR) is 101 cm³/mol. The van der Waals surface area contributed by atoms with E-state index in [1.165, 1.54) is 0 Å². The second kappa shape index (κ2) is 7.98. The van der Waals surface area contributed by atoms with E-state index in [2.05, 4.69) is 31.7 Å². The van der Waals surface area contributed by atoms with Crippen molar-refractivity contribution in [2.45, 2.75) is 13.5 Å². The number of rotatable bonds is 5. The van der Waals surface area contributed by atoms with Crippen LogP contribution in [-0.4, -0.2) is 17.7 Å². The molecule has 0 saturated heterocycles. The molecule has 3 rings (SSSR count). The van der Waals surface area contributed by atoms with Crippen LogP contribution >= 0.6 is 15.9 Å². The molecule has 3 aromatic rings. The van der Waals surface area contributed by atoms with Crippen molar-refractivity contribution in [3.63, 3.8) is 0 Å². The first kappa shape index (κ1) is 17.2. The molecule has 1 aromatic heterocycles. The molecule has 0 unspecified atom stereocenters. The maximum Gasteiger partial charge on any atom is 0.315 e. The summed E-state index contributed by atoms with van der Waals surface area (Å²) in [5.74, 6) is 0.726. The van der Waals surface area contributed by atoms with Gasteiger partial charge in [0, 0.05) is 34.8 Å². The van der Waals surface area contributed by atoms with Gasteiger partial charge in [-0.05, 0) is 24.6 Å². The minimum atomic E-state index is -0.165. The molecular formula is C19H18BrN3O2. The van der Waals surface area contributed by atoms with Crippen molar-refractivity contribution in [1.82, 2.24) is 15.8 Å². The molecule has 0 aliphatic rings. The van der Waals surface area contributed by atoms with E-state index in [0.717, 1.165) is 32.6 Å². The van der Waals surface area contributed by atoms with Crippen LogP contribution in [0.1, 0.15) is 12.5 Å². The maximum atomic E-state index is 11.4. The molecule has 0 aliphatic heterocycles. The fourth-order valence-corrected chi connectivity index (χ4v) is 2.62. The molecule has 2 aromatic carbocycles. The first-order valence-corrected chi connectivity index (χ1v) is 8.78. The summed E-state index contributed by atoms with van der Waals surface area (Å²) >= 11 is 3.42. The molecule has 5 nitrogen and oxygen atoms in total.